The van der Waals surface area contributed by atoms with E-state index in [-0.39, 0.29) is 12.0 Å². The van der Waals surface area contributed by atoms with Crippen LogP contribution in [0.3, 0.4) is 0 Å². The molecule has 0 spiro atoms. The molecule has 2 rings (SSSR count). The maximum absolute atomic E-state index is 11.8. The maximum atomic E-state index is 11.8. The van der Waals surface area contributed by atoms with Gasteiger partial charge in [0.05, 0.1) is 17.9 Å². The van der Waals surface area contributed by atoms with Gasteiger partial charge in [-0.3, -0.25) is 4.79 Å². The van der Waals surface area contributed by atoms with E-state index in [9.17, 15) is 9.90 Å². The normalized spacial score (nSPS) is 17.6. The zero-order chi connectivity index (χ0) is 13.7. The van der Waals surface area contributed by atoms with Crippen molar-refractivity contribution in [2.75, 3.05) is 26.2 Å². The summed E-state index contributed by atoms with van der Waals surface area (Å²) >= 11 is 0. The first-order valence-corrected chi connectivity index (χ1v) is 6.89. The highest BCUT2D eigenvalue weighted by atomic mass is 16.3. The number of hydrogen-bond acceptors (Lipinski definition) is 4. The van der Waals surface area contributed by atoms with Crippen LogP contribution in [-0.4, -0.2) is 48.2 Å². The molecule has 1 aromatic heterocycles. The van der Waals surface area contributed by atoms with E-state index in [0.29, 0.717) is 17.9 Å². The van der Waals surface area contributed by atoms with Crippen molar-refractivity contribution in [1.29, 1.82) is 0 Å². The molecule has 1 amide bonds. The Morgan fingerprint density at radius 1 is 1.53 bits per heavy atom. The predicted molar refractivity (Wildman–Crippen MR) is 72.1 cm³/mol. The van der Waals surface area contributed by atoms with Gasteiger partial charge in [-0.15, -0.1) is 0 Å². The van der Waals surface area contributed by atoms with Gasteiger partial charge in [0.1, 0.15) is 5.76 Å². The number of nitrogens with one attached hydrogen (secondary N) is 1. The summed E-state index contributed by atoms with van der Waals surface area (Å²) in [5, 5.41) is 12.3. The topological polar surface area (TPSA) is 65.7 Å². The zero-order valence-corrected chi connectivity index (χ0v) is 11.4. The highest BCUT2D eigenvalue weighted by Gasteiger charge is 2.16. The summed E-state index contributed by atoms with van der Waals surface area (Å²) < 4.78 is 5.10. The van der Waals surface area contributed by atoms with Gasteiger partial charge in [-0.25, -0.2) is 0 Å². The number of carbonyl (C=O) groups is 1. The lowest BCUT2D eigenvalue weighted by Gasteiger charge is -2.29. The molecule has 1 aromatic rings. The van der Waals surface area contributed by atoms with Crippen molar-refractivity contribution in [3.05, 3.63) is 23.7 Å². The van der Waals surface area contributed by atoms with E-state index < -0.39 is 0 Å². The number of aliphatic hydroxyl groups is 1. The van der Waals surface area contributed by atoms with Crippen LogP contribution in [0.1, 0.15) is 35.4 Å². The van der Waals surface area contributed by atoms with E-state index in [2.05, 4.69) is 10.2 Å². The molecule has 0 saturated carbocycles. The van der Waals surface area contributed by atoms with Crippen LogP contribution in [0.25, 0.3) is 0 Å². The fourth-order valence-corrected chi connectivity index (χ4v) is 2.36. The number of furan rings is 1. The lowest BCUT2D eigenvalue weighted by Crippen LogP contribution is -2.37. The Balaban J connectivity index is 1.62. The summed E-state index contributed by atoms with van der Waals surface area (Å²) in [5.41, 5.74) is 0.612. The lowest BCUT2D eigenvalue weighted by molar-refractivity contribution is 0.0816. The number of aryl methyl sites for hydroxylation is 1. The van der Waals surface area contributed by atoms with Gasteiger partial charge in [0.2, 0.25) is 0 Å². The maximum Gasteiger partial charge on any atom is 0.254 e. The van der Waals surface area contributed by atoms with Gasteiger partial charge >= 0.3 is 0 Å². The van der Waals surface area contributed by atoms with E-state index >= 15 is 0 Å². The number of aliphatic hydroxyl groups excluding tert-OH is 1. The average molecular weight is 266 g/mol. The molecule has 19 heavy (non-hydrogen) atoms. The first-order valence-electron chi connectivity index (χ1n) is 6.89. The van der Waals surface area contributed by atoms with Crippen molar-refractivity contribution in [3.63, 3.8) is 0 Å². The van der Waals surface area contributed by atoms with Crippen LogP contribution in [0.5, 0.6) is 0 Å². The van der Waals surface area contributed by atoms with Gasteiger partial charge in [-0.2, -0.15) is 0 Å². The number of rotatable bonds is 5. The number of hydrogen-bond donors (Lipinski definition) is 2. The van der Waals surface area contributed by atoms with Crippen LogP contribution >= 0.6 is 0 Å². The predicted octanol–water partition coefficient (Wildman–Crippen LogP) is 1.16. The summed E-state index contributed by atoms with van der Waals surface area (Å²) in [4.78, 5) is 14.1. The molecule has 5 heteroatoms. The molecule has 0 atom stereocenters. The highest BCUT2D eigenvalue weighted by Crippen LogP contribution is 2.10. The number of amides is 1. The van der Waals surface area contributed by atoms with Gasteiger partial charge in [0.15, 0.2) is 0 Å². The monoisotopic (exact) mass is 266 g/mol. The number of piperidine rings is 1. The lowest BCUT2D eigenvalue weighted by atomic mass is 10.1. The van der Waals surface area contributed by atoms with Crippen molar-refractivity contribution in [1.82, 2.24) is 10.2 Å². The molecule has 0 aliphatic carbocycles. The Hall–Kier alpha value is -1.33. The van der Waals surface area contributed by atoms with E-state index in [0.717, 1.165) is 38.9 Å². The minimum atomic E-state index is -0.125. The van der Waals surface area contributed by atoms with Crippen LogP contribution in [0.15, 0.2) is 16.7 Å². The molecule has 1 fully saturated rings. The minimum Gasteiger partial charge on any atom is -0.469 e. The van der Waals surface area contributed by atoms with Crippen molar-refractivity contribution in [2.45, 2.75) is 32.3 Å². The van der Waals surface area contributed by atoms with Gasteiger partial charge in [-0.05, 0) is 38.8 Å². The van der Waals surface area contributed by atoms with Crippen molar-refractivity contribution in [2.24, 2.45) is 0 Å². The fraction of sp³-hybridized carbons (Fsp3) is 0.643. The molecule has 0 unspecified atom stereocenters. The summed E-state index contributed by atoms with van der Waals surface area (Å²) in [6.45, 7) is 5.33. The highest BCUT2D eigenvalue weighted by molar-refractivity contribution is 5.94. The molecule has 0 bridgehead atoms. The largest absolute Gasteiger partial charge is 0.469 e. The average Bonchev–Trinajstić information content (AvgIpc) is 2.83. The van der Waals surface area contributed by atoms with E-state index in [1.807, 2.05) is 0 Å². The van der Waals surface area contributed by atoms with Gasteiger partial charge in [0.25, 0.3) is 5.91 Å². The second-order valence-corrected chi connectivity index (χ2v) is 5.07. The standard InChI is InChI=1S/C14H22N2O3/c1-11-13(5-10-19-11)14(18)15-6-2-7-16-8-3-12(17)4-9-16/h5,10,12,17H,2-4,6-9H2,1H3,(H,15,18). The first kappa shape index (κ1) is 14.1. The molecule has 2 heterocycles. The minimum absolute atomic E-state index is 0.0692. The fourth-order valence-electron chi connectivity index (χ4n) is 2.36. The molecule has 0 radical (unpaired) electrons. The SMILES string of the molecule is Cc1occc1C(=O)NCCCN1CCC(O)CC1. The Kier molecular flexibility index (Phi) is 4.99. The Labute approximate surface area is 113 Å². The van der Waals surface area contributed by atoms with Crippen molar-refractivity contribution < 1.29 is 14.3 Å². The Bertz CT molecular complexity index is 409. The third-order valence-electron chi connectivity index (χ3n) is 3.60. The smallest absolute Gasteiger partial charge is 0.254 e. The molecule has 106 valence electrons. The summed E-state index contributed by atoms with van der Waals surface area (Å²) in [6, 6.07) is 1.69. The van der Waals surface area contributed by atoms with Crippen LogP contribution in [0.4, 0.5) is 0 Å². The van der Waals surface area contributed by atoms with E-state index in [4.69, 9.17) is 4.42 Å². The summed E-state index contributed by atoms with van der Waals surface area (Å²) in [7, 11) is 0. The molecule has 1 aliphatic rings. The summed E-state index contributed by atoms with van der Waals surface area (Å²) in [6.07, 6.45) is 4.06. The van der Waals surface area contributed by atoms with Gasteiger partial charge in [-0.1, -0.05) is 0 Å². The number of carbonyl (C=O) groups excluding carboxylic acids is 1. The zero-order valence-electron chi connectivity index (χ0n) is 11.4. The van der Waals surface area contributed by atoms with Crippen molar-refractivity contribution >= 4 is 5.91 Å². The quantitative estimate of drug-likeness (QED) is 0.785. The summed E-state index contributed by atoms with van der Waals surface area (Å²) in [5.74, 6) is 0.586. The van der Waals surface area contributed by atoms with Crippen LogP contribution in [-0.2, 0) is 0 Å². The second-order valence-electron chi connectivity index (χ2n) is 5.07. The molecule has 0 aromatic carbocycles. The molecular weight excluding hydrogens is 244 g/mol. The van der Waals surface area contributed by atoms with Gasteiger partial charge < -0.3 is 19.7 Å². The first-order chi connectivity index (χ1) is 9.16. The molecule has 5 nitrogen and oxygen atoms in total. The van der Waals surface area contributed by atoms with E-state index in [1.165, 1.54) is 6.26 Å². The Morgan fingerprint density at radius 3 is 2.89 bits per heavy atom. The Morgan fingerprint density at radius 2 is 2.26 bits per heavy atom. The number of nitrogens with zero attached hydrogens (tertiary/aromatic N) is 1. The molecule has 2 N–H and O–H groups in total. The molecular formula is C14H22N2O3. The van der Waals surface area contributed by atoms with Gasteiger partial charge in [0, 0.05) is 19.6 Å². The van der Waals surface area contributed by atoms with Crippen LogP contribution < -0.4 is 5.32 Å². The molecule has 1 aliphatic heterocycles. The van der Waals surface area contributed by atoms with Crippen molar-refractivity contribution in [3.8, 4) is 0 Å². The third kappa shape index (κ3) is 4.08. The molecule has 1 saturated heterocycles. The number of likely N-dealkylation sites (tertiary alicyclic amines) is 1. The third-order valence-corrected chi connectivity index (χ3v) is 3.60. The van der Waals surface area contributed by atoms with Crippen LogP contribution in [0, 0.1) is 6.92 Å². The van der Waals surface area contributed by atoms with Crippen LogP contribution in [0.2, 0.25) is 0 Å². The van der Waals surface area contributed by atoms with E-state index in [1.54, 1.807) is 13.0 Å². The second kappa shape index (κ2) is 6.73.